The first-order valence-electron chi connectivity index (χ1n) is 9.45. The molecule has 0 aromatic heterocycles. The summed E-state index contributed by atoms with van der Waals surface area (Å²) in [5.74, 6) is 2.56. The Hall–Kier alpha value is -0.460. The number of nitrogens with two attached hydrogens (primary N) is 1. The molecule has 2 saturated carbocycles. The summed E-state index contributed by atoms with van der Waals surface area (Å²) in [6.45, 7) is 3.97. The summed E-state index contributed by atoms with van der Waals surface area (Å²) in [7, 11) is 0. The van der Waals surface area contributed by atoms with Gasteiger partial charge >= 0.3 is 0 Å². The molecule has 1 aliphatic heterocycles. The molecule has 144 valence electrons. The molecule has 2 bridgehead atoms. The molecule has 3 fully saturated rings. The average molecular weight is 390 g/mol. The highest BCUT2D eigenvalue weighted by molar-refractivity contribution is 7.99. The Labute approximate surface area is 161 Å². The third-order valence-corrected chi connectivity index (χ3v) is 7.20. The second kappa shape index (κ2) is 8.96. The van der Waals surface area contributed by atoms with Crippen LogP contribution in [-0.2, 0) is 9.59 Å². The van der Waals surface area contributed by atoms with Crippen molar-refractivity contribution in [3.05, 3.63) is 0 Å². The summed E-state index contributed by atoms with van der Waals surface area (Å²) in [5, 5.41) is 3.32. The fraction of sp³-hybridized carbons (Fsp3) is 0.889. The molecule has 0 aromatic rings. The first kappa shape index (κ1) is 20.8. The van der Waals surface area contributed by atoms with Crippen molar-refractivity contribution < 1.29 is 9.59 Å². The van der Waals surface area contributed by atoms with Crippen LogP contribution in [0.1, 0.15) is 52.4 Å². The summed E-state index contributed by atoms with van der Waals surface area (Å²) in [6, 6.07) is 0.254. The van der Waals surface area contributed by atoms with Crippen molar-refractivity contribution in [3.8, 4) is 0 Å². The molecule has 0 spiro atoms. The number of fused-ring (bicyclic) bond motifs is 2. The Morgan fingerprint density at radius 3 is 2.52 bits per heavy atom. The lowest BCUT2D eigenvalue weighted by Gasteiger charge is -2.45. The van der Waals surface area contributed by atoms with E-state index in [1.54, 1.807) is 16.7 Å². The van der Waals surface area contributed by atoms with E-state index in [2.05, 4.69) is 5.32 Å². The lowest BCUT2D eigenvalue weighted by molar-refractivity contribution is -0.141. The van der Waals surface area contributed by atoms with Crippen LogP contribution in [0.4, 0.5) is 0 Å². The van der Waals surface area contributed by atoms with Gasteiger partial charge in [0.15, 0.2) is 0 Å². The summed E-state index contributed by atoms with van der Waals surface area (Å²) in [4.78, 5) is 27.2. The molecule has 1 heterocycles. The SMILES string of the molecule is CCC(C)C(=O)N1CSCC1C(=O)NC1C2CCCC1CC(N)C2.Cl. The smallest absolute Gasteiger partial charge is 0.243 e. The molecular weight excluding hydrogens is 358 g/mol. The van der Waals surface area contributed by atoms with E-state index < -0.39 is 0 Å². The number of thioether (sulfide) groups is 1. The largest absolute Gasteiger partial charge is 0.351 e. The van der Waals surface area contributed by atoms with Crippen LogP contribution >= 0.6 is 24.2 Å². The molecular formula is C18H32ClN3O2S. The first-order valence-corrected chi connectivity index (χ1v) is 10.6. The number of carbonyl (C=O) groups excluding carboxylic acids is 2. The lowest BCUT2D eigenvalue weighted by Crippen LogP contribution is -2.58. The van der Waals surface area contributed by atoms with Crippen molar-refractivity contribution in [2.75, 3.05) is 11.6 Å². The van der Waals surface area contributed by atoms with Gasteiger partial charge in [-0.05, 0) is 43.9 Å². The van der Waals surface area contributed by atoms with Gasteiger partial charge in [0.1, 0.15) is 6.04 Å². The molecule has 25 heavy (non-hydrogen) atoms. The number of hydrogen-bond donors (Lipinski definition) is 2. The molecule has 3 rings (SSSR count). The van der Waals surface area contributed by atoms with E-state index in [4.69, 9.17) is 5.73 Å². The molecule has 5 nitrogen and oxygen atoms in total. The van der Waals surface area contributed by atoms with Crippen molar-refractivity contribution in [1.82, 2.24) is 10.2 Å². The van der Waals surface area contributed by atoms with Crippen LogP contribution in [0.3, 0.4) is 0 Å². The minimum absolute atomic E-state index is 0. The van der Waals surface area contributed by atoms with Crippen molar-refractivity contribution in [3.63, 3.8) is 0 Å². The molecule has 0 radical (unpaired) electrons. The fourth-order valence-electron chi connectivity index (χ4n) is 4.62. The Kier molecular flexibility index (Phi) is 7.47. The van der Waals surface area contributed by atoms with Crippen LogP contribution in [0, 0.1) is 17.8 Å². The van der Waals surface area contributed by atoms with Gasteiger partial charge in [-0.2, -0.15) is 0 Å². The zero-order valence-corrected chi connectivity index (χ0v) is 16.9. The third kappa shape index (κ3) is 4.45. The van der Waals surface area contributed by atoms with E-state index in [0.29, 0.717) is 23.8 Å². The van der Waals surface area contributed by atoms with E-state index in [9.17, 15) is 9.59 Å². The number of nitrogens with zero attached hydrogens (tertiary/aromatic N) is 1. The van der Waals surface area contributed by atoms with Gasteiger partial charge in [0.2, 0.25) is 11.8 Å². The highest BCUT2D eigenvalue weighted by atomic mass is 35.5. The quantitative estimate of drug-likeness (QED) is 0.774. The van der Waals surface area contributed by atoms with Crippen molar-refractivity contribution in [2.45, 2.75) is 70.5 Å². The van der Waals surface area contributed by atoms with Gasteiger partial charge in [0.25, 0.3) is 0 Å². The number of hydrogen-bond acceptors (Lipinski definition) is 4. The van der Waals surface area contributed by atoms with Crippen molar-refractivity contribution >= 4 is 36.0 Å². The highest BCUT2D eigenvalue weighted by Gasteiger charge is 2.42. The molecule has 2 aliphatic carbocycles. The van der Waals surface area contributed by atoms with Crippen LogP contribution in [-0.4, -0.2) is 46.5 Å². The predicted octanol–water partition coefficient (Wildman–Crippen LogP) is 2.38. The van der Waals surface area contributed by atoms with Gasteiger partial charge in [-0.15, -0.1) is 24.2 Å². The van der Waals surface area contributed by atoms with Gasteiger partial charge in [0.05, 0.1) is 5.88 Å². The van der Waals surface area contributed by atoms with Crippen LogP contribution in [0.2, 0.25) is 0 Å². The minimum Gasteiger partial charge on any atom is -0.351 e. The second-order valence-electron chi connectivity index (χ2n) is 7.85. The molecule has 3 aliphatic rings. The Balaban J connectivity index is 0.00000225. The van der Waals surface area contributed by atoms with Gasteiger partial charge in [0, 0.05) is 23.8 Å². The zero-order chi connectivity index (χ0) is 17.3. The standard InChI is InChI=1S/C18H31N3O2S.ClH/c1-3-11(2)18(23)21-10-24-9-15(21)17(22)20-16-12-5-4-6-13(16)8-14(19)7-12;/h11-16H,3-10,19H2,1-2H3,(H,20,22);1H. The monoisotopic (exact) mass is 389 g/mol. The van der Waals surface area contributed by atoms with Crippen molar-refractivity contribution in [1.29, 1.82) is 0 Å². The molecule has 3 N–H and O–H groups in total. The molecule has 1 saturated heterocycles. The Bertz CT molecular complexity index is 479. The Morgan fingerprint density at radius 1 is 1.28 bits per heavy atom. The van der Waals surface area contributed by atoms with Crippen LogP contribution in [0.5, 0.6) is 0 Å². The summed E-state index contributed by atoms with van der Waals surface area (Å²) in [6.07, 6.45) is 6.46. The van der Waals surface area contributed by atoms with Gasteiger partial charge in [-0.1, -0.05) is 20.3 Å². The van der Waals surface area contributed by atoms with E-state index in [0.717, 1.165) is 25.0 Å². The third-order valence-electron chi connectivity index (χ3n) is 6.19. The van der Waals surface area contributed by atoms with Gasteiger partial charge in [-0.25, -0.2) is 0 Å². The number of carbonyl (C=O) groups is 2. The molecule has 4 unspecified atom stereocenters. The normalized spacial score (nSPS) is 35.6. The van der Waals surface area contributed by atoms with Gasteiger partial charge in [-0.3, -0.25) is 9.59 Å². The number of halogens is 1. The number of nitrogens with one attached hydrogen (secondary N) is 1. The van der Waals surface area contributed by atoms with E-state index in [-0.39, 0.29) is 42.2 Å². The van der Waals surface area contributed by atoms with Crippen LogP contribution in [0.15, 0.2) is 0 Å². The average Bonchev–Trinajstić information content (AvgIpc) is 3.03. The molecule has 7 heteroatoms. The van der Waals surface area contributed by atoms with Gasteiger partial charge < -0.3 is 16.0 Å². The number of amides is 2. The maximum absolute atomic E-state index is 12.9. The maximum atomic E-state index is 12.9. The fourth-order valence-corrected chi connectivity index (χ4v) is 5.78. The molecule has 2 amide bonds. The predicted molar refractivity (Wildman–Crippen MR) is 105 cm³/mol. The minimum atomic E-state index is -0.298. The van der Waals surface area contributed by atoms with E-state index >= 15 is 0 Å². The second-order valence-corrected chi connectivity index (χ2v) is 8.85. The zero-order valence-electron chi connectivity index (χ0n) is 15.3. The highest BCUT2D eigenvalue weighted by Crippen LogP contribution is 2.40. The summed E-state index contributed by atoms with van der Waals surface area (Å²) >= 11 is 1.68. The van der Waals surface area contributed by atoms with Crippen LogP contribution < -0.4 is 11.1 Å². The summed E-state index contributed by atoms with van der Waals surface area (Å²) in [5.41, 5.74) is 6.18. The topological polar surface area (TPSA) is 75.4 Å². The van der Waals surface area contributed by atoms with E-state index in [1.165, 1.54) is 19.3 Å². The Morgan fingerprint density at radius 2 is 1.92 bits per heavy atom. The maximum Gasteiger partial charge on any atom is 0.243 e. The summed E-state index contributed by atoms with van der Waals surface area (Å²) < 4.78 is 0. The first-order chi connectivity index (χ1) is 11.5. The van der Waals surface area contributed by atoms with E-state index in [1.807, 2.05) is 13.8 Å². The molecule has 4 atom stereocenters. The van der Waals surface area contributed by atoms with Crippen LogP contribution in [0.25, 0.3) is 0 Å². The molecule has 0 aromatic carbocycles. The van der Waals surface area contributed by atoms with Crippen molar-refractivity contribution in [2.24, 2.45) is 23.5 Å². The lowest BCUT2D eigenvalue weighted by atomic mass is 9.67. The number of rotatable bonds is 4.